The molecule has 1 aromatic rings. The molecule has 1 fully saturated rings. The molecule has 0 aliphatic carbocycles. The van der Waals surface area contributed by atoms with Gasteiger partial charge in [-0.15, -0.1) is 0 Å². The van der Waals surface area contributed by atoms with E-state index < -0.39 is 6.10 Å². The first-order chi connectivity index (χ1) is 9.56. The number of aliphatic hydroxyl groups is 1. The smallest absolute Gasteiger partial charge is 0.156 e. The number of morpholine rings is 1. The highest BCUT2D eigenvalue weighted by atomic mass is 35.5. The quantitative estimate of drug-likeness (QED) is 0.895. The van der Waals surface area contributed by atoms with Crippen LogP contribution in [0.5, 0.6) is 5.75 Å². The lowest BCUT2D eigenvalue weighted by Gasteiger charge is -2.28. The van der Waals surface area contributed by atoms with E-state index >= 15 is 0 Å². The molecule has 0 spiro atoms. The Kier molecular flexibility index (Phi) is 6.20. The summed E-state index contributed by atoms with van der Waals surface area (Å²) in [4.78, 5) is 2.13. The summed E-state index contributed by atoms with van der Waals surface area (Å²) in [6.07, 6.45) is -0.615. The molecule has 0 radical (unpaired) electrons. The van der Waals surface area contributed by atoms with E-state index in [0.717, 1.165) is 13.1 Å². The van der Waals surface area contributed by atoms with Gasteiger partial charge in [0.15, 0.2) is 5.75 Å². The van der Waals surface area contributed by atoms with Gasteiger partial charge in [-0.05, 0) is 12.1 Å². The largest absolute Gasteiger partial charge is 0.488 e. The maximum absolute atomic E-state index is 9.98. The number of hydrogen-bond donors (Lipinski definition) is 1. The summed E-state index contributed by atoms with van der Waals surface area (Å²) < 4.78 is 10.7. The number of rotatable bonds is 5. The number of halogens is 3. The predicted molar refractivity (Wildman–Crippen MR) is 80.2 cm³/mol. The SMILES string of the molecule is OC(COc1c(Cl)cc(Cl)cc1Cl)CN1CCOCC1. The van der Waals surface area contributed by atoms with E-state index in [9.17, 15) is 5.11 Å². The Morgan fingerprint density at radius 2 is 1.80 bits per heavy atom. The molecule has 1 atom stereocenters. The van der Waals surface area contributed by atoms with E-state index in [1.807, 2.05) is 0 Å². The van der Waals surface area contributed by atoms with E-state index in [1.54, 1.807) is 12.1 Å². The summed E-state index contributed by atoms with van der Waals surface area (Å²) in [5, 5.41) is 11.1. The molecule has 1 aliphatic heterocycles. The first-order valence-corrected chi connectivity index (χ1v) is 7.45. The molecule has 7 heteroatoms. The molecular formula is C13H16Cl3NO3. The Bertz CT molecular complexity index is 429. The second-order valence-corrected chi connectivity index (χ2v) is 5.83. The molecule has 20 heavy (non-hydrogen) atoms. The lowest BCUT2D eigenvalue weighted by Crippen LogP contribution is -2.42. The minimum atomic E-state index is -0.615. The van der Waals surface area contributed by atoms with E-state index in [-0.39, 0.29) is 6.61 Å². The zero-order valence-electron chi connectivity index (χ0n) is 10.8. The van der Waals surface area contributed by atoms with Crippen LogP contribution < -0.4 is 4.74 Å². The summed E-state index contributed by atoms with van der Waals surface area (Å²) in [5.74, 6) is 0.346. The molecule has 0 aromatic heterocycles. The van der Waals surface area contributed by atoms with Gasteiger partial charge in [-0.1, -0.05) is 34.8 Å². The van der Waals surface area contributed by atoms with Gasteiger partial charge in [-0.2, -0.15) is 0 Å². The van der Waals surface area contributed by atoms with Crippen molar-refractivity contribution in [3.05, 3.63) is 27.2 Å². The van der Waals surface area contributed by atoms with E-state index in [2.05, 4.69) is 4.90 Å². The monoisotopic (exact) mass is 339 g/mol. The summed E-state index contributed by atoms with van der Waals surface area (Å²) in [5.41, 5.74) is 0. The summed E-state index contributed by atoms with van der Waals surface area (Å²) >= 11 is 17.8. The average Bonchev–Trinajstić information content (AvgIpc) is 2.38. The number of ether oxygens (including phenoxy) is 2. The highest BCUT2D eigenvalue weighted by Crippen LogP contribution is 2.35. The van der Waals surface area contributed by atoms with Gasteiger partial charge < -0.3 is 14.6 Å². The van der Waals surface area contributed by atoms with Crippen LogP contribution in [0.2, 0.25) is 15.1 Å². The van der Waals surface area contributed by atoms with Crippen LogP contribution in [0.4, 0.5) is 0 Å². The van der Waals surface area contributed by atoms with Gasteiger partial charge in [0.2, 0.25) is 0 Å². The molecule has 0 saturated carbocycles. The van der Waals surface area contributed by atoms with Crippen LogP contribution in [0, 0.1) is 0 Å². The third-order valence-electron chi connectivity index (χ3n) is 2.96. The van der Waals surface area contributed by atoms with Crippen molar-refractivity contribution in [1.29, 1.82) is 0 Å². The van der Waals surface area contributed by atoms with Crippen molar-refractivity contribution in [2.45, 2.75) is 6.10 Å². The fourth-order valence-electron chi connectivity index (χ4n) is 1.98. The highest BCUT2D eigenvalue weighted by molar-refractivity contribution is 6.40. The second kappa shape index (κ2) is 7.69. The van der Waals surface area contributed by atoms with Gasteiger partial charge in [0, 0.05) is 24.7 Å². The lowest BCUT2D eigenvalue weighted by atomic mass is 10.3. The number of benzene rings is 1. The van der Waals surface area contributed by atoms with Crippen LogP contribution in [0.3, 0.4) is 0 Å². The van der Waals surface area contributed by atoms with Crippen molar-refractivity contribution in [3.63, 3.8) is 0 Å². The Morgan fingerprint density at radius 3 is 2.40 bits per heavy atom. The van der Waals surface area contributed by atoms with Crippen LogP contribution in [0.1, 0.15) is 0 Å². The second-order valence-electron chi connectivity index (χ2n) is 4.58. The van der Waals surface area contributed by atoms with Crippen LogP contribution >= 0.6 is 34.8 Å². The maximum Gasteiger partial charge on any atom is 0.156 e. The van der Waals surface area contributed by atoms with Crippen LogP contribution in [0.15, 0.2) is 12.1 Å². The molecule has 4 nitrogen and oxygen atoms in total. The van der Waals surface area contributed by atoms with Crippen LogP contribution in [0.25, 0.3) is 0 Å². The zero-order chi connectivity index (χ0) is 14.5. The van der Waals surface area contributed by atoms with Crippen molar-refractivity contribution in [2.24, 2.45) is 0 Å². The van der Waals surface area contributed by atoms with E-state index in [4.69, 9.17) is 44.3 Å². The third-order valence-corrected chi connectivity index (χ3v) is 3.74. The summed E-state index contributed by atoms with van der Waals surface area (Å²) in [7, 11) is 0. The fourth-order valence-corrected chi connectivity index (χ4v) is 2.91. The topological polar surface area (TPSA) is 41.9 Å². The standard InChI is InChI=1S/C13H16Cl3NO3/c14-9-5-11(15)13(12(16)6-9)20-8-10(18)7-17-1-3-19-4-2-17/h5-6,10,18H,1-4,7-8H2. The Morgan fingerprint density at radius 1 is 1.20 bits per heavy atom. The molecule has 1 aliphatic rings. The van der Waals surface area contributed by atoms with Gasteiger partial charge in [-0.3, -0.25) is 4.90 Å². The first kappa shape index (κ1) is 16.1. The molecule has 0 amide bonds. The predicted octanol–water partition coefficient (Wildman–Crippen LogP) is 2.72. The number of hydrogen-bond acceptors (Lipinski definition) is 4. The van der Waals surface area contributed by atoms with Crippen molar-refractivity contribution in [3.8, 4) is 5.75 Å². The van der Waals surface area contributed by atoms with E-state index in [0.29, 0.717) is 40.6 Å². The first-order valence-electron chi connectivity index (χ1n) is 6.32. The van der Waals surface area contributed by atoms with E-state index in [1.165, 1.54) is 0 Å². The molecule has 112 valence electrons. The van der Waals surface area contributed by atoms with Gasteiger partial charge >= 0.3 is 0 Å². The summed E-state index contributed by atoms with van der Waals surface area (Å²) in [6.45, 7) is 3.69. The molecule has 1 saturated heterocycles. The molecule has 1 aromatic carbocycles. The van der Waals surface area contributed by atoms with Crippen molar-refractivity contribution >= 4 is 34.8 Å². The van der Waals surface area contributed by atoms with Crippen molar-refractivity contribution in [2.75, 3.05) is 39.5 Å². The van der Waals surface area contributed by atoms with Crippen LogP contribution in [-0.2, 0) is 4.74 Å². The molecule has 0 bridgehead atoms. The fraction of sp³-hybridized carbons (Fsp3) is 0.538. The third kappa shape index (κ3) is 4.65. The Hall–Kier alpha value is -0.230. The van der Waals surface area contributed by atoms with Gasteiger partial charge in [0.05, 0.1) is 23.3 Å². The van der Waals surface area contributed by atoms with Gasteiger partial charge in [0.25, 0.3) is 0 Å². The van der Waals surface area contributed by atoms with Crippen molar-refractivity contribution < 1.29 is 14.6 Å². The number of nitrogens with zero attached hydrogens (tertiary/aromatic N) is 1. The molecule has 1 heterocycles. The minimum Gasteiger partial charge on any atom is -0.488 e. The van der Waals surface area contributed by atoms with Crippen molar-refractivity contribution in [1.82, 2.24) is 4.90 Å². The molecule has 2 rings (SSSR count). The zero-order valence-corrected chi connectivity index (χ0v) is 13.1. The van der Waals surface area contributed by atoms with Crippen LogP contribution in [-0.4, -0.2) is 55.6 Å². The average molecular weight is 341 g/mol. The van der Waals surface area contributed by atoms with Gasteiger partial charge in [0.1, 0.15) is 12.7 Å². The Balaban J connectivity index is 1.85. The van der Waals surface area contributed by atoms with Gasteiger partial charge in [-0.25, -0.2) is 0 Å². The molecule has 1 N–H and O–H groups in total. The minimum absolute atomic E-state index is 0.123. The maximum atomic E-state index is 9.98. The highest BCUT2D eigenvalue weighted by Gasteiger charge is 2.17. The molecule has 1 unspecified atom stereocenters. The summed E-state index contributed by atoms with van der Waals surface area (Å²) in [6, 6.07) is 3.11. The number of aliphatic hydroxyl groups excluding tert-OH is 1. The lowest BCUT2D eigenvalue weighted by molar-refractivity contribution is 0.00468. The molecular weight excluding hydrogens is 325 g/mol. The Labute approximate surface area is 133 Å². The number of β-amino-alcohol motifs (C(OH)–C–C–N with tert-alkyl or cyclic N) is 1. The normalized spacial score (nSPS) is 18.0.